The number of nitrogens with one attached hydrogen (secondary N) is 1. The average molecular weight is 250 g/mol. The summed E-state index contributed by atoms with van der Waals surface area (Å²) < 4.78 is 0. The minimum absolute atomic E-state index is 0.242. The molecule has 3 heteroatoms. The smallest absolute Gasteiger partial charge is 0.249 e. The van der Waals surface area contributed by atoms with Crippen LogP contribution in [0.15, 0.2) is 11.1 Å². The fourth-order valence-electron chi connectivity index (χ4n) is 3.04. The van der Waals surface area contributed by atoms with E-state index in [2.05, 4.69) is 12.2 Å². The van der Waals surface area contributed by atoms with Gasteiger partial charge in [-0.2, -0.15) is 0 Å². The summed E-state index contributed by atoms with van der Waals surface area (Å²) >= 11 is 0. The number of nitrogens with zero attached hydrogens (tertiary/aromatic N) is 1. The van der Waals surface area contributed by atoms with E-state index in [-0.39, 0.29) is 5.91 Å². The van der Waals surface area contributed by atoms with Crippen LogP contribution in [0.25, 0.3) is 0 Å². The highest BCUT2D eigenvalue weighted by Gasteiger charge is 2.27. The van der Waals surface area contributed by atoms with E-state index in [1.807, 2.05) is 18.9 Å². The molecule has 1 N–H and O–H groups in total. The van der Waals surface area contributed by atoms with Gasteiger partial charge in [0.25, 0.3) is 0 Å². The first-order valence-corrected chi connectivity index (χ1v) is 7.30. The third-order valence-corrected chi connectivity index (χ3v) is 4.79. The van der Waals surface area contributed by atoms with Crippen molar-refractivity contribution in [1.82, 2.24) is 10.2 Å². The van der Waals surface area contributed by atoms with Gasteiger partial charge in [-0.25, -0.2) is 0 Å². The molecule has 102 valence electrons. The molecule has 0 aromatic carbocycles. The molecule has 0 aromatic rings. The summed E-state index contributed by atoms with van der Waals surface area (Å²) in [6.07, 6.45) is 6.23. The summed E-state index contributed by atoms with van der Waals surface area (Å²) in [7, 11) is 1.98. The molecule has 0 aromatic heterocycles. The third kappa shape index (κ3) is 2.77. The number of amides is 1. The summed E-state index contributed by atoms with van der Waals surface area (Å²) in [6.45, 7) is 6.05. The minimum Gasteiger partial charge on any atom is -0.339 e. The molecule has 1 aliphatic carbocycles. The van der Waals surface area contributed by atoms with Crippen LogP contribution in [0, 0.1) is 5.92 Å². The van der Waals surface area contributed by atoms with Crippen molar-refractivity contribution in [2.24, 2.45) is 5.92 Å². The van der Waals surface area contributed by atoms with Crippen LogP contribution < -0.4 is 5.32 Å². The first kappa shape index (κ1) is 13.6. The molecule has 1 saturated heterocycles. The van der Waals surface area contributed by atoms with Gasteiger partial charge in [0, 0.05) is 31.8 Å². The Labute approximate surface area is 111 Å². The highest BCUT2D eigenvalue weighted by molar-refractivity contribution is 5.94. The van der Waals surface area contributed by atoms with E-state index in [0.29, 0.717) is 6.04 Å². The Morgan fingerprint density at radius 1 is 1.28 bits per heavy atom. The largest absolute Gasteiger partial charge is 0.339 e. The second-order valence-corrected chi connectivity index (χ2v) is 5.83. The Hall–Kier alpha value is -0.830. The highest BCUT2D eigenvalue weighted by Crippen LogP contribution is 2.29. The zero-order valence-corrected chi connectivity index (χ0v) is 12.0. The van der Waals surface area contributed by atoms with Crippen LogP contribution in [-0.4, -0.2) is 37.0 Å². The molecule has 0 atom stereocenters. The normalized spacial score (nSPS) is 27.6. The maximum absolute atomic E-state index is 12.4. The lowest BCUT2D eigenvalue weighted by atomic mass is 9.84. The van der Waals surface area contributed by atoms with Crippen LogP contribution in [0.3, 0.4) is 0 Å². The molecule has 0 spiro atoms. The van der Waals surface area contributed by atoms with Gasteiger partial charge >= 0.3 is 0 Å². The van der Waals surface area contributed by atoms with Crippen molar-refractivity contribution in [2.45, 2.75) is 52.0 Å². The van der Waals surface area contributed by atoms with Gasteiger partial charge in [0.05, 0.1) is 0 Å². The number of likely N-dealkylation sites (N-methyl/N-ethyl adjacent to an activating group) is 1. The van der Waals surface area contributed by atoms with Crippen molar-refractivity contribution >= 4 is 5.91 Å². The molecule has 1 heterocycles. The van der Waals surface area contributed by atoms with Crippen molar-refractivity contribution < 1.29 is 4.79 Å². The van der Waals surface area contributed by atoms with Crippen molar-refractivity contribution in [3.8, 4) is 0 Å². The zero-order chi connectivity index (χ0) is 13.1. The van der Waals surface area contributed by atoms with Crippen molar-refractivity contribution in [3.05, 3.63) is 11.1 Å². The summed E-state index contributed by atoms with van der Waals surface area (Å²) in [5.41, 5.74) is 2.25. The Morgan fingerprint density at radius 3 is 2.33 bits per heavy atom. The van der Waals surface area contributed by atoms with Crippen molar-refractivity contribution in [3.63, 3.8) is 0 Å². The topological polar surface area (TPSA) is 32.3 Å². The Balaban J connectivity index is 1.91. The molecule has 1 aliphatic heterocycles. The molecular formula is C15H26N2O. The van der Waals surface area contributed by atoms with E-state index in [0.717, 1.165) is 24.6 Å². The number of carbonyl (C=O) groups is 1. The van der Waals surface area contributed by atoms with E-state index < -0.39 is 0 Å². The van der Waals surface area contributed by atoms with Crippen molar-refractivity contribution in [2.75, 3.05) is 20.1 Å². The third-order valence-electron chi connectivity index (χ3n) is 4.79. The Kier molecular flexibility index (Phi) is 4.44. The molecule has 2 aliphatic rings. The molecule has 1 amide bonds. The monoisotopic (exact) mass is 250 g/mol. The summed E-state index contributed by atoms with van der Waals surface area (Å²) in [5.74, 6) is 1.13. The number of carbonyl (C=O) groups excluding carboxylic acids is 1. The molecule has 2 rings (SSSR count). The lowest BCUT2D eigenvalue weighted by molar-refractivity contribution is -0.128. The Morgan fingerprint density at radius 2 is 1.89 bits per heavy atom. The molecule has 1 saturated carbocycles. The van der Waals surface area contributed by atoms with E-state index in [4.69, 9.17) is 0 Å². The summed E-state index contributed by atoms with van der Waals surface area (Å²) in [4.78, 5) is 14.4. The van der Waals surface area contributed by atoms with E-state index in [1.165, 1.54) is 37.7 Å². The van der Waals surface area contributed by atoms with Gasteiger partial charge in [-0.05, 0) is 44.1 Å². The molecule has 18 heavy (non-hydrogen) atoms. The number of rotatable bonds is 3. The maximum Gasteiger partial charge on any atom is 0.249 e. The minimum atomic E-state index is 0.242. The fourth-order valence-corrected chi connectivity index (χ4v) is 3.04. The van der Waals surface area contributed by atoms with Gasteiger partial charge in [-0.1, -0.05) is 13.3 Å². The second-order valence-electron chi connectivity index (χ2n) is 5.83. The molecule has 0 unspecified atom stereocenters. The van der Waals surface area contributed by atoms with Gasteiger partial charge in [0.2, 0.25) is 5.91 Å². The van der Waals surface area contributed by atoms with Crippen LogP contribution in [0.1, 0.15) is 46.0 Å². The van der Waals surface area contributed by atoms with Crippen LogP contribution in [-0.2, 0) is 4.79 Å². The van der Waals surface area contributed by atoms with Crippen molar-refractivity contribution in [1.29, 1.82) is 0 Å². The first-order chi connectivity index (χ1) is 8.63. The van der Waals surface area contributed by atoms with Gasteiger partial charge < -0.3 is 10.2 Å². The van der Waals surface area contributed by atoms with E-state index in [9.17, 15) is 4.79 Å². The van der Waals surface area contributed by atoms with Crippen LogP contribution in [0.4, 0.5) is 0 Å². The molecule has 0 bridgehead atoms. The maximum atomic E-state index is 12.4. The predicted octanol–water partition coefficient (Wildman–Crippen LogP) is 2.33. The lowest BCUT2D eigenvalue weighted by Gasteiger charge is -2.35. The van der Waals surface area contributed by atoms with Gasteiger partial charge in [0.15, 0.2) is 0 Å². The second kappa shape index (κ2) is 5.87. The predicted molar refractivity (Wildman–Crippen MR) is 74.4 cm³/mol. The Bertz CT molecular complexity index is 334. The van der Waals surface area contributed by atoms with E-state index >= 15 is 0 Å². The average Bonchev–Trinajstić information content (AvgIpc) is 2.35. The molecule has 0 radical (unpaired) electrons. The number of hydrogen-bond donors (Lipinski definition) is 1. The highest BCUT2D eigenvalue weighted by atomic mass is 16.2. The number of hydrogen-bond acceptors (Lipinski definition) is 2. The standard InChI is InChI=1S/C15H26N2O/c1-4-12-5-7-14(8-6-12)17(3)15(18)11(2)13-9-16-10-13/h12,14,16H,4-10H2,1-3H3. The molecular weight excluding hydrogens is 224 g/mol. The van der Waals surface area contributed by atoms with Crippen LogP contribution in [0.2, 0.25) is 0 Å². The van der Waals surface area contributed by atoms with Gasteiger partial charge in [-0.15, -0.1) is 0 Å². The van der Waals surface area contributed by atoms with Crippen LogP contribution >= 0.6 is 0 Å². The molecule has 3 nitrogen and oxygen atoms in total. The van der Waals surface area contributed by atoms with Gasteiger partial charge in [0.1, 0.15) is 0 Å². The quantitative estimate of drug-likeness (QED) is 0.780. The SMILES string of the molecule is CCC1CCC(N(C)C(=O)C(C)=C2CNC2)CC1. The fraction of sp³-hybridized carbons (Fsp3) is 0.800. The zero-order valence-electron chi connectivity index (χ0n) is 12.0. The van der Waals surface area contributed by atoms with Crippen LogP contribution in [0.5, 0.6) is 0 Å². The first-order valence-electron chi connectivity index (χ1n) is 7.30. The summed E-state index contributed by atoms with van der Waals surface area (Å²) in [6, 6.07) is 0.462. The summed E-state index contributed by atoms with van der Waals surface area (Å²) in [5, 5.41) is 3.20. The van der Waals surface area contributed by atoms with E-state index in [1.54, 1.807) is 0 Å². The van der Waals surface area contributed by atoms with Gasteiger partial charge in [-0.3, -0.25) is 4.79 Å². The molecule has 2 fully saturated rings. The lowest BCUT2D eigenvalue weighted by Crippen LogP contribution is -2.42.